The summed E-state index contributed by atoms with van der Waals surface area (Å²) >= 11 is 0. The summed E-state index contributed by atoms with van der Waals surface area (Å²) in [5.74, 6) is 1.65. The van der Waals surface area contributed by atoms with Crippen LogP contribution in [0.4, 0.5) is 5.82 Å². The first-order valence-corrected chi connectivity index (χ1v) is 7.68. The highest BCUT2D eigenvalue weighted by molar-refractivity contribution is 5.78. The molecule has 0 aliphatic carbocycles. The summed E-state index contributed by atoms with van der Waals surface area (Å²) in [4.78, 5) is 20.4. The van der Waals surface area contributed by atoms with Gasteiger partial charge in [0.25, 0.3) is 0 Å². The van der Waals surface area contributed by atoms with Gasteiger partial charge in [-0.3, -0.25) is 9.89 Å². The van der Waals surface area contributed by atoms with Gasteiger partial charge in [0, 0.05) is 45.1 Å². The van der Waals surface area contributed by atoms with E-state index in [1.165, 1.54) is 0 Å². The third-order valence-corrected chi connectivity index (χ3v) is 3.87. The van der Waals surface area contributed by atoms with E-state index in [9.17, 15) is 4.79 Å². The first-order chi connectivity index (χ1) is 11.1. The molecular weight excluding hydrogens is 294 g/mol. The van der Waals surface area contributed by atoms with Crippen molar-refractivity contribution in [1.82, 2.24) is 20.1 Å². The minimum absolute atomic E-state index is 0.00335. The second-order valence-corrected chi connectivity index (χ2v) is 5.85. The Balaban J connectivity index is 1.59. The second kappa shape index (κ2) is 6.68. The molecule has 3 rings (SSSR count). The molecule has 23 heavy (non-hydrogen) atoms. The van der Waals surface area contributed by atoms with E-state index in [1.54, 1.807) is 12.4 Å². The van der Waals surface area contributed by atoms with Gasteiger partial charge in [0.15, 0.2) is 11.6 Å². The standard InChI is InChI=1S/C16H21N5O2/c1-20(2)16-14(4-3-7-17-16)23-13-6-9-21(11-13)15(22)10-12-5-8-18-19-12/h3-5,7-8,13H,6,9-11H2,1-2H3,(H,18,19)/t13-/m1/s1. The van der Waals surface area contributed by atoms with Crippen molar-refractivity contribution in [1.29, 1.82) is 0 Å². The van der Waals surface area contributed by atoms with Crippen LogP contribution in [0.1, 0.15) is 12.1 Å². The molecule has 1 aliphatic rings. The first kappa shape index (κ1) is 15.3. The quantitative estimate of drug-likeness (QED) is 0.894. The lowest BCUT2D eigenvalue weighted by atomic mass is 10.3. The number of pyridine rings is 1. The smallest absolute Gasteiger partial charge is 0.228 e. The van der Waals surface area contributed by atoms with Gasteiger partial charge >= 0.3 is 0 Å². The zero-order valence-corrected chi connectivity index (χ0v) is 13.4. The number of likely N-dealkylation sites (tertiary alicyclic amines) is 1. The molecule has 3 heterocycles. The number of aromatic nitrogens is 3. The predicted molar refractivity (Wildman–Crippen MR) is 86.5 cm³/mol. The maximum absolute atomic E-state index is 12.3. The summed E-state index contributed by atoms with van der Waals surface area (Å²) in [6.07, 6.45) is 4.59. The fraction of sp³-hybridized carbons (Fsp3) is 0.438. The number of carbonyl (C=O) groups excluding carboxylic acids is 1. The number of nitrogens with zero attached hydrogens (tertiary/aromatic N) is 4. The Morgan fingerprint density at radius 3 is 3.04 bits per heavy atom. The van der Waals surface area contributed by atoms with Crippen LogP contribution in [0.3, 0.4) is 0 Å². The molecule has 1 saturated heterocycles. The van der Waals surface area contributed by atoms with E-state index in [-0.39, 0.29) is 12.0 Å². The molecule has 1 N–H and O–H groups in total. The molecule has 0 saturated carbocycles. The summed E-state index contributed by atoms with van der Waals surface area (Å²) in [7, 11) is 3.87. The van der Waals surface area contributed by atoms with Gasteiger partial charge in [-0.1, -0.05) is 0 Å². The summed E-state index contributed by atoms with van der Waals surface area (Å²) < 4.78 is 6.07. The van der Waals surface area contributed by atoms with Crippen molar-refractivity contribution < 1.29 is 9.53 Å². The number of ether oxygens (including phenoxy) is 1. The molecular formula is C16H21N5O2. The lowest BCUT2D eigenvalue weighted by molar-refractivity contribution is -0.129. The van der Waals surface area contributed by atoms with E-state index in [0.717, 1.165) is 30.2 Å². The van der Waals surface area contributed by atoms with Gasteiger partial charge in [0.2, 0.25) is 5.91 Å². The summed E-state index contributed by atoms with van der Waals surface area (Å²) in [6.45, 7) is 1.32. The normalized spacial score (nSPS) is 17.3. The fourth-order valence-electron chi connectivity index (χ4n) is 2.70. The Morgan fingerprint density at radius 1 is 1.43 bits per heavy atom. The van der Waals surface area contributed by atoms with E-state index < -0.39 is 0 Å². The number of hydrogen-bond acceptors (Lipinski definition) is 5. The van der Waals surface area contributed by atoms with Gasteiger partial charge in [-0.15, -0.1) is 0 Å². The number of aromatic amines is 1. The summed E-state index contributed by atoms with van der Waals surface area (Å²) in [6, 6.07) is 5.59. The highest BCUT2D eigenvalue weighted by Gasteiger charge is 2.28. The van der Waals surface area contributed by atoms with E-state index in [4.69, 9.17) is 4.74 Å². The molecule has 0 unspecified atom stereocenters. The predicted octanol–water partition coefficient (Wildman–Crippen LogP) is 1.09. The number of anilines is 1. The summed E-state index contributed by atoms with van der Waals surface area (Å²) in [5.41, 5.74) is 0.835. The van der Waals surface area contributed by atoms with Crippen LogP contribution < -0.4 is 9.64 Å². The Kier molecular flexibility index (Phi) is 4.45. The molecule has 2 aromatic rings. The van der Waals surface area contributed by atoms with Crippen LogP contribution in [0.2, 0.25) is 0 Å². The van der Waals surface area contributed by atoms with Gasteiger partial charge in [-0.05, 0) is 18.2 Å². The molecule has 1 aliphatic heterocycles. The van der Waals surface area contributed by atoms with Gasteiger partial charge in [0.1, 0.15) is 6.10 Å². The Morgan fingerprint density at radius 2 is 2.30 bits per heavy atom. The van der Waals surface area contributed by atoms with Crippen molar-refractivity contribution in [3.05, 3.63) is 36.3 Å². The molecule has 0 radical (unpaired) electrons. The Hall–Kier alpha value is -2.57. The molecule has 0 bridgehead atoms. The van der Waals surface area contributed by atoms with E-state index in [2.05, 4.69) is 15.2 Å². The average Bonchev–Trinajstić information content (AvgIpc) is 3.19. The molecule has 1 fully saturated rings. The number of rotatable bonds is 5. The minimum atomic E-state index is 0.00335. The minimum Gasteiger partial charge on any atom is -0.485 e. The van der Waals surface area contributed by atoms with Crippen LogP contribution >= 0.6 is 0 Å². The van der Waals surface area contributed by atoms with Gasteiger partial charge in [-0.2, -0.15) is 5.10 Å². The van der Waals surface area contributed by atoms with Crippen LogP contribution in [0.15, 0.2) is 30.6 Å². The maximum atomic E-state index is 12.3. The van der Waals surface area contributed by atoms with Crippen LogP contribution in [0.5, 0.6) is 5.75 Å². The van der Waals surface area contributed by atoms with Crippen molar-refractivity contribution >= 4 is 11.7 Å². The van der Waals surface area contributed by atoms with Gasteiger partial charge in [0.05, 0.1) is 13.0 Å². The van der Waals surface area contributed by atoms with Crippen molar-refractivity contribution in [2.75, 3.05) is 32.1 Å². The van der Waals surface area contributed by atoms with E-state index in [1.807, 2.05) is 42.1 Å². The topological polar surface area (TPSA) is 74.3 Å². The molecule has 122 valence electrons. The average molecular weight is 315 g/mol. The molecule has 0 aromatic carbocycles. The Bertz CT molecular complexity index is 656. The van der Waals surface area contributed by atoms with Gasteiger partial charge < -0.3 is 14.5 Å². The molecule has 2 aromatic heterocycles. The van der Waals surface area contributed by atoms with Crippen molar-refractivity contribution in [3.63, 3.8) is 0 Å². The third kappa shape index (κ3) is 3.61. The summed E-state index contributed by atoms with van der Waals surface area (Å²) in [5, 5.41) is 6.69. The van der Waals surface area contributed by atoms with Crippen LogP contribution in [-0.2, 0) is 11.2 Å². The molecule has 0 spiro atoms. The second-order valence-electron chi connectivity index (χ2n) is 5.85. The molecule has 1 amide bonds. The van der Waals surface area contributed by atoms with Crippen LogP contribution in [-0.4, -0.2) is 59.3 Å². The first-order valence-electron chi connectivity index (χ1n) is 7.68. The Labute approximate surface area is 135 Å². The number of amides is 1. The fourth-order valence-corrected chi connectivity index (χ4v) is 2.70. The molecule has 1 atom stereocenters. The number of H-pyrrole nitrogens is 1. The largest absolute Gasteiger partial charge is 0.485 e. The molecule has 7 heteroatoms. The number of nitrogens with one attached hydrogen (secondary N) is 1. The number of carbonyl (C=O) groups is 1. The zero-order chi connectivity index (χ0) is 16.2. The SMILES string of the molecule is CN(C)c1ncccc1O[C@@H]1CCN(C(=O)Cc2ccn[nH]2)C1. The third-order valence-electron chi connectivity index (χ3n) is 3.87. The number of hydrogen-bond donors (Lipinski definition) is 1. The van der Waals surface area contributed by atoms with E-state index >= 15 is 0 Å². The lowest BCUT2D eigenvalue weighted by Crippen LogP contribution is -2.32. The lowest BCUT2D eigenvalue weighted by Gasteiger charge is -2.20. The van der Waals surface area contributed by atoms with E-state index in [0.29, 0.717) is 13.0 Å². The highest BCUT2D eigenvalue weighted by Crippen LogP contribution is 2.26. The van der Waals surface area contributed by atoms with Crippen LogP contribution in [0.25, 0.3) is 0 Å². The van der Waals surface area contributed by atoms with Gasteiger partial charge in [-0.25, -0.2) is 4.98 Å². The zero-order valence-electron chi connectivity index (χ0n) is 13.4. The maximum Gasteiger partial charge on any atom is 0.228 e. The van der Waals surface area contributed by atoms with Crippen molar-refractivity contribution in [2.24, 2.45) is 0 Å². The van der Waals surface area contributed by atoms with Crippen LogP contribution in [0, 0.1) is 0 Å². The van der Waals surface area contributed by atoms with Crippen molar-refractivity contribution in [3.8, 4) is 5.75 Å². The monoisotopic (exact) mass is 315 g/mol. The highest BCUT2D eigenvalue weighted by atomic mass is 16.5. The van der Waals surface area contributed by atoms with Crippen molar-refractivity contribution in [2.45, 2.75) is 18.9 Å². The molecule has 7 nitrogen and oxygen atoms in total.